The van der Waals surface area contributed by atoms with Crippen molar-refractivity contribution in [3.63, 3.8) is 0 Å². The van der Waals surface area contributed by atoms with Crippen molar-refractivity contribution in [3.8, 4) is 11.5 Å². The third-order valence-electron chi connectivity index (χ3n) is 5.29. The summed E-state index contributed by atoms with van der Waals surface area (Å²) in [4.78, 5) is 13.0. The van der Waals surface area contributed by atoms with E-state index < -0.39 is 46.5 Å². The SMILES string of the molecule is COc1cccc(/C=C2\C(=O)N(c3c(F)c(F)c(F)c(F)c3F)N=C2C)c1OCc1ccc(F)cc1. The highest BCUT2D eigenvalue weighted by atomic mass is 19.2. The largest absolute Gasteiger partial charge is 0.493 e. The molecule has 0 bridgehead atoms. The molecule has 0 atom stereocenters. The number of hydrogen-bond donors (Lipinski definition) is 0. The van der Waals surface area contributed by atoms with Gasteiger partial charge in [-0.1, -0.05) is 24.3 Å². The van der Waals surface area contributed by atoms with Gasteiger partial charge >= 0.3 is 0 Å². The lowest BCUT2D eigenvalue weighted by atomic mass is 10.1. The summed E-state index contributed by atoms with van der Waals surface area (Å²) in [6, 6.07) is 10.3. The number of amides is 1. The molecule has 186 valence electrons. The van der Waals surface area contributed by atoms with Crippen LogP contribution in [0.1, 0.15) is 18.1 Å². The lowest BCUT2D eigenvalue weighted by Crippen LogP contribution is -2.25. The monoisotopic (exact) mass is 506 g/mol. The van der Waals surface area contributed by atoms with Crippen LogP contribution in [0.2, 0.25) is 0 Å². The first kappa shape index (κ1) is 24.8. The van der Waals surface area contributed by atoms with Gasteiger partial charge in [0, 0.05) is 5.56 Å². The molecule has 4 rings (SSSR count). The normalized spacial score (nSPS) is 14.4. The van der Waals surface area contributed by atoms with Crippen LogP contribution in [-0.4, -0.2) is 18.7 Å². The van der Waals surface area contributed by atoms with Crippen molar-refractivity contribution in [2.75, 3.05) is 12.1 Å². The van der Waals surface area contributed by atoms with Crippen molar-refractivity contribution in [3.05, 3.63) is 94.1 Å². The Morgan fingerprint density at radius 3 is 2.11 bits per heavy atom. The molecule has 0 aliphatic carbocycles. The van der Waals surface area contributed by atoms with Crippen LogP contribution >= 0.6 is 0 Å². The van der Waals surface area contributed by atoms with Gasteiger partial charge in [-0.05, 0) is 36.8 Å². The molecule has 36 heavy (non-hydrogen) atoms. The van der Waals surface area contributed by atoms with Crippen LogP contribution in [0.4, 0.5) is 32.0 Å². The minimum atomic E-state index is -2.35. The summed E-state index contributed by atoms with van der Waals surface area (Å²) in [6.07, 6.45) is 1.29. The highest BCUT2D eigenvalue weighted by Gasteiger charge is 2.37. The van der Waals surface area contributed by atoms with Crippen molar-refractivity contribution in [1.82, 2.24) is 0 Å². The first-order valence-corrected chi connectivity index (χ1v) is 10.3. The fourth-order valence-corrected chi connectivity index (χ4v) is 3.47. The molecule has 0 unspecified atom stereocenters. The van der Waals surface area contributed by atoms with Gasteiger partial charge in [0.1, 0.15) is 18.1 Å². The Hall–Kier alpha value is -4.28. The van der Waals surface area contributed by atoms with Gasteiger partial charge in [-0.2, -0.15) is 10.1 Å². The molecule has 1 aliphatic heterocycles. The zero-order chi connectivity index (χ0) is 26.1. The molecule has 0 spiro atoms. The molecule has 0 N–H and O–H groups in total. The molecule has 1 aliphatic rings. The van der Waals surface area contributed by atoms with E-state index in [1.165, 1.54) is 44.4 Å². The van der Waals surface area contributed by atoms with Crippen molar-refractivity contribution in [2.24, 2.45) is 5.10 Å². The molecular weight excluding hydrogens is 490 g/mol. The average Bonchev–Trinajstić information content (AvgIpc) is 3.14. The van der Waals surface area contributed by atoms with Gasteiger partial charge in [0.25, 0.3) is 5.91 Å². The van der Waals surface area contributed by atoms with Gasteiger partial charge in [-0.25, -0.2) is 26.3 Å². The standard InChI is InChI=1S/C25H16F6N2O3/c1-12-16(25(34)33(32-12)23-21(30)19(28)18(27)20(29)22(23)31)10-14-4-3-5-17(35-2)24(14)36-11-13-6-8-15(26)9-7-13/h3-10H,11H2,1-2H3/b16-10-. The molecule has 0 radical (unpaired) electrons. The number of nitrogens with zero attached hydrogens (tertiary/aromatic N) is 2. The molecule has 3 aromatic carbocycles. The summed E-state index contributed by atoms with van der Waals surface area (Å²) in [5.41, 5.74) is -0.783. The summed E-state index contributed by atoms with van der Waals surface area (Å²) in [6.45, 7) is 1.34. The number of carbonyl (C=O) groups excluding carboxylic acids is 1. The van der Waals surface area contributed by atoms with Gasteiger partial charge in [0.15, 0.2) is 34.8 Å². The van der Waals surface area contributed by atoms with Crippen molar-refractivity contribution in [1.29, 1.82) is 0 Å². The first-order chi connectivity index (χ1) is 17.1. The number of rotatable bonds is 6. The maximum absolute atomic E-state index is 14.3. The Kier molecular flexibility index (Phi) is 6.73. The highest BCUT2D eigenvalue weighted by molar-refractivity contribution is 6.32. The minimum absolute atomic E-state index is 0.00846. The van der Waals surface area contributed by atoms with Gasteiger partial charge in [0.05, 0.1) is 18.4 Å². The van der Waals surface area contributed by atoms with Gasteiger partial charge < -0.3 is 9.47 Å². The van der Waals surface area contributed by atoms with E-state index in [1.807, 2.05) is 0 Å². The number of anilines is 1. The van der Waals surface area contributed by atoms with Crippen LogP contribution in [-0.2, 0) is 11.4 Å². The van der Waals surface area contributed by atoms with Gasteiger partial charge in [-0.3, -0.25) is 4.79 Å². The van der Waals surface area contributed by atoms with Crippen LogP contribution < -0.4 is 14.5 Å². The number of hydrazone groups is 1. The van der Waals surface area contributed by atoms with Gasteiger partial charge in [0.2, 0.25) is 5.82 Å². The van der Waals surface area contributed by atoms with E-state index in [9.17, 15) is 31.1 Å². The Morgan fingerprint density at radius 2 is 1.50 bits per heavy atom. The Balaban J connectivity index is 1.72. The fraction of sp³-hybridized carbons (Fsp3) is 0.120. The zero-order valence-corrected chi connectivity index (χ0v) is 18.7. The summed E-state index contributed by atoms with van der Waals surface area (Å²) < 4.78 is 93.7. The van der Waals surface area contributed by atoms with Crippen LogP contribution in [0, 0.1) is 34.9 Å². The molecule has 0 aromatic heterocycles. The van der Waals surface area contributed by atoms with Crippen LogP contribution in [0.5, 0.6) is 11.5 Å². The van der Waals surface area contributed by atoms with Crippen LogP contribution in [0.25, 0.3) is 6.08 Å². The van der Waals surface area contributed by atoms with E-state index in [4.69, 9.17) is 9.47 Å². The zero-order valence-electron chi connectivity index (χ0n) is 18.7. The van der Waals surface area contributed by atoms with Crippen molar-refractivity contribution < 1.29 is 40.6 Å². The molecule has 0 saturated carbocycles. The van der Waals surface area contributed by atoms with Crippen molar-refractivity contribution >= 4 is 23.4 Å². The average molecular weight is 506 g/mol. The molecule has 5 nitrogen and oxygen atoms in total. The second-order valence-electron chi connectivity index (χ2n) is 7.57. The number of para-hydroxylation sites is 1. The van der Waals surface area contributed by atoms with E-state index in [1.54, 1.807) is 18.2 Å². The van der Waals surface area contributed by atoms with E-state index in [2.05, 4.69) is 5.10 Å². The number of hydrogen-bond acceptors (Lipinski definition) is 4. The summed E-state index contributed by atoms with van der Waals surface area (Å²) in [7, 11) is 1.38. The third kappa shape index (κ3) is 4.39. The fourth-order valence-electron chi connectivity index (χ4n) is 3.47. The first-order valence-electron chi connectivity index (χ1n) is 10.3. The topological polar surface area (TPSA) is 51.1 Å². The number of benzene rings is 3. The number of ether oxygens (including phenoxy) is 2. The van der Waals surface area contributed by atoms with Crippen LogP contribution in [0.3, 0.4) is 0 Å². The molecule has 0 saturated heterocycles. The highest BCUT2D eigenvalue weighted by Crippen LogP contribution is 2.37. The van der Waals surface area contributed by atoms with E-state index in [0.29, 0.717) is 11.1 Å². The quantitative estimate of drug-likeness (QED) is 0.181. The molecule has 1 heterocycles. The molecule has 0 fully saturated rings. The maximum Gasteiger partial charge on any atom is 0.280 e. The molecule has 3 aromatic rings. The molecular formula is C25H16F6N2O3. The molecule has 11 heteroatoms. The lowest BCUT2D eigenvalue weighted by Gasteiger charge is -2.15. The van der Waals surface area contributed by atoms with Crippen LogP contribution in [0.15, 0.2) is 53.1 Å². The number of halogens is 6. The van der Waals surface area contributed by atoms with Gasteiger partial charge in [-0.15, -0.1) is 0 Å². The second-order valence-corrected chi connectivity index (χ2v) is 7.57. The third-order valence-corrected chi connectivity index (χ3v) is 5.29. The molecule has 1 amide bonds. The summed E-state index contributed by atoms with van der Waals surface area (Å²) >= 11 is 0. The Bertz CT molecular complexity index is 1390. The maximum atomic E-state index is 14.3. The lowest BCUT2D eigenvalue weighted by molar-refractivity contribution is -0.114. The van der Waals surface area contributed by atoms with E-state index in [-0.39, 0.29) is 34.4 Å². The predicted molar refractivity (Wildman–Crippen MR) is 119 cm³/mol. The Morgan fingerprint density at radius 1 is 0.889 bits per heavy atom. The summed E-state index contributed by atoms with van der Waals surface area (Å²) in [5.74, 6) is -12.2. The number of methoxy groups -OCH3 is 1. The summed E-state index contributed by atoms with van der Waals surface area (Å²) in [5, 5.41) is 3.84. The van der Waals surface area contributed by atoms with E-state index >= 15 is 0 Å². The number of carbonyl (C=O) groups is 1. The predicted octanol–water partition coefficient (Wildman–Crippen LogP) is 5.91. The minimum Gasteiger partial charge on any atom is -0.493 e. The smallest absolute Gasteiger partial charge is 0.280 e. The van der Waals surface area contributed by atoms with E-state index in [0.717, 1.165) is 0 Å². The van der Waals surface area contributed by atoms with Crippen molar-refractivity contribution in [2.45, 2.75) is 13.5 Å². The Labute approximate surface area is 200 Å². The second kappa shape index (κ2) is 9.76.